The van der Waals surface area contributed by atoms with Gasteiger partial charge in [-0.25, -0.2) is 9.37 Å². The number of furan rings is 1. The number of hydrogen-bond donors (Lipinski definition) is 2. The van der Waals surface area contributed by atoms with Crippen LogP contribution in [0, 0.1) is 5.82 Å². The van der Waals surface area contributed by atoms with E-state index < -0.39 is 0 Å². The quantitative estimate of drug-likeness (QED) is 0.361. The summed E-state index contributed by atoms with van der Waals surface area (Å²) in [7, 11) is 0. The maximum absolute atomic E-state index is 13.3. The summed E-state index contributed by atoms with van der Waals surface area (Å²) in [6.07, 6.45) is 1.47. The summed E-state index contributed by atoms with van der Waals surface area (Å²) in [6, 6.07) is 20.1. The number of pyridine rings is 1. The van der Waals surface area contributed by atoms with Crippen molar-refractivity contribution in [3.8, 4) is 11.3 Å². The minimum Gasteiger partial charge on any atom is -0.459 e. The molecule has 0 atom stereocenters. The number of halogens is 1. The van der Waals surface area contributed by atoms with Crippen LogP contribution >= 0.6 is 0 Å². The lowest BCUT2D eigenvalue weighted by molar-refractivity contribution is -0.114. The zero-order valence-corrected chi connectivity index (χ0v) is 21.9. The minimum absolute atomic E-state index is 0.180. The van der Waals surface area contributed by atoms with Crippen LogP contribution < -0.4 is 15.5 Å². The highest BCUT2D eigenvalue weighted by atomic mass is 19.1. The van der Waals surface area contributed by atoms with Crippen LogP contribution in [0.5, 0.6) is 0 Å². The van der Waals surface area contributed by atoms with Crippen molar-refractivity contribution in [2.75, 3.05) is 36.4 Å². The first-order valence-corrected chi connectivity index (χ1v) is 12.9. The van der Waals surface area contributed by atoms with E-state index in [4.69, 9.17) is 9.40 Å². The molecule has 0 aliphatic carbocycles. The van der Waals surface area contributed by atoms with Crippen LogP contribution in [0.2, 0.25) is 0 Å². The average molecular weight is 542 g/mol. The van der Waals surface area contributed by atoms with E-state index in [-0.39, 0.29) is 35.8 Å². The number of hydrogen-bond acceptors (Lipinski definition) is 6. The fourth-order valence-corrected chi connectivity index (χ4v) is 4.54. The van der Waals surface area contributed by atoms with E-state index >= 15 is 0 Å². The Morgan fingerprint density at radius 1 is 0.950 bits per heavy atom. The summed E-state index contributed by atoms with van der Waals surface area (Å²) in [5.74, 6) is -0.249. The Bertz CT molecular complexity index is 1510. The number of aromatic nitrogens is 1. The van der Waals surface area contributed by atoms with Crippen LogP contribution in [-0.4, -0.2) is 53.8 Å². The van der Waals surface area contributed by atoms with E-state index in [0.717, 1.165) is 11.1 Å². The molecule has 2 N–H and O–H groups in total. The molecular weight excluding hydrogens is 513 g/mol. The molecule has 9 nitrogen and oxygen atoms in total. The predicted molar refractivity (Wildman–Crippen MR) is 148 cm³/mol. The smallest absolute Gasteiger partial charge is 0.289 e. The minimum atomic E-state index is -0.343. The molecule has 0 bridgehead atoms. The van der Waals surface area contributed by atoms with E-state index in [1.165, 1.54) is 25.3 Å². The van der Waals surface area contributed by atoms with Gasteiger partial charge >= 0.3 is 0 Å². The number of anilines is 2. The Balaban J connectivity index is 1.40. The van der Waals surface area contributed by atoms with Gasteiger partial charge in [-0.3, -0.25) is 14.4 Å². The standard InChI is InChI=1S/C30H28FN5O4/c1-20(37)33-24-5-2-4-22(18-24)26-12-11-25(29(38)32-19-21-7-9-23(31)10-8-21)28(34-26)35-13-15-36(16-14-35)30(39)27-6-3-17-40-27/h2-12,17-18H,13-16,19H2,1H3,(H,32,38)(H,33,37). The molecule has 3 heterocycles. The van der Waals surface area contributed by atoms with Crippen molar-refractivity contribution in [3.05, 3.63) is 102 Å². The molecule has 0 saturated carbocycles. The normalized spacial score (nSPS) is 13.2. The van der Waals surface area contributed by atoms with Crippen molar-refractivity contribution in [2.24, 2.45) is 0 Å². The number of nitrogens with zero attached hydrogens (tertiary/aromatic N) is 3. The van der Waals surface area contributed by atoms with Gasteiger partial charge < -0.3 is 24.9 Å². The monoisotopic (exact) mass is 541 g/mol. The Morgan fingerprint density at radius 3 is 2.42 bits per heavy atom. The Kier molecular flexibility index (Phi) is 7.86. The summed E-state index contributed by atoms with van der Waals surface area (Å²) in [4.78, 5) is 46.2. The number of carbonyl (C=O) groups is 3. The average Bonchev–Trinajstić information content (AvgIpc) is 3.51. The molecule has 1 saturated heterocycles. The van der Waals surface area contributed by atoms with Gasteiger partial charge in [-0.05, 0) is 54.1 Å². The number of benzene rings is 2. The largest absolute Gasteiger partial charge is 0.459 e. The van der Waals surface area contributed by atoms with E-state index in [1.54, 1.807) is 47.4 Å². The number of rotatable bonds is 7. The second-order valence-electron chi connectivity index (χ2n) is 9.40. The molecule has 1 aliphatic rings. The van der Waals surface area contributed by atoms with Crippen LogP contribution in [0.1, 0.15) is 33.4 Å². The van der Waals surface area contributed by atoms with Gasteiger partial charge in [0.15, 0.2) is 5.76 Å². The van der Waals surface area contributed by atoms with Gasteiger partial charge in [0.25, 0.3) is 11.8 Å². The van der Waals surface area contributed by atoms with Crippen molar-refractivity contribution in [1.82, 2.24) is 15.2 Å². The second kappa shape index (κ2) is 11.8. The van der Waals surface area contributed by atoms with Gasteiger partial charge in [-0.2, -0.15) is 0 Å². The molecule has 3 amide bonds. The Labute approximate surface area is 230 Å². The molecular formula is C30H28FN5O4. The van der Waals surface area contributed by atoms with Crippen molar-refractivity contribution in [3.63, 3.8) is 0 Å². The summed E-state index contributed by atoms with van der Waals surface area (Å²) in [5, 5.41) is 5.67. The lowest BCUT2D eigenvalue weighted by Crippen LogP contribution is -2.49. The Morgan fingerprint density at radius 2 is 1.73 bits per heavy atom. The maximum Gasteiger partial charge on any atom is 0.289 e. The van der Waals surface area contributed by atoms with Crippen LogP contribution in [-0.2, 0) is 11.3 Å². The third-order valence-corrected chi connectivity index (χ3v) is 6.56. The summed E-state index contributed by atoms with van der Waals surface area (Å²) in [6.45, 7) is 3.46. The molecule has 0 unspecified atom stereocenters. The van der Waals surface area contributed by atoms with Gasteiger partial charge in [-0.15, -0.1) is 0 Å². The fourth-order valence-electron chi connectivity index (χ4n) is 4.54. The fraction of sp³-hybridized carbons (Fsp3) is 0.200. The van der Waals surface area contributed by atoms with Crippen LogP contribution in [0.15, 0.2) is 83.5 Å². The van der Waals surface area contributed by atoms with Crippen molar-refractivity contribution in [2.45, 2.75) is 13.5 Å². The van der Waals surface area contributed by atoms with Crippen molar-refractivity contribution < 1.29 is 23.2 Å². The number of nitrogens with one attached hydrogen (secondary N) is 2. The van der Waals surface area contributed by atoms with E-state index in [2.05, 4.69) is 10.6 Å². The molecule has 0 radical (unpaired) electrons. The molecule has 2 aromatic heterocycles. The second-order valence-corrected chi connectivity index (χ2v) is 9.40. The molecule has 1 aliphatic heterocycles. The van der Waals surface area contributed by atoms with E-state index in [0.29, 0.717) is 48.9 Å². The predicted octanol–water partition coefficient (Wildman–Crippen LogP) is 4.33. The van der Waals surface area contributed by atoms with E-state index in [1.807, 2.05) is 23.1 Å². The van der Waals surface area contributed by atoms with Gasteiger partial charge in [0.2, 0.25) is 5.91 Å². The summed E-state index contributed by atoms with van der Waals surface area (Å²) >= 11 is 0. The molecule has 40 heavy (non-hydrogen) atoms. The number of carbonyl (C=O) groups excluding carboxylic acids is 3. The first-order valence-electron chi connectivity index (χ1n) is 12.9. The molecule has 204 valence electrons. The van der Waals surface area contributed by atoms with Gasteiger partial charge in [0, 0.05) is 50.9 Å². The number of piperazine rings is 1. The number of amides is 3. The maximum atomic E-state index is 13.3. The zero-order chi connectivity index (χ0) is 28.1. The summed E-state index contributed by atoms with van der Waals surface area (Å²) < 4.78 is 18.5. The van der Waals surface area contributed by atoms with Gasteiger partial charge in [-0.1, -0.05) is 24.3 Å². The topological polar surface area (TPSA) is 108 Å². The zero-order valence-electron chi connectivity index (χ0n) is 21.9. The van der Waals surface area contributed by atoms with Crippen LogP contribution in [0.4, 0.5) is 15.9 Å². The third-order valence-electron chi connectivity index (χ3n) is 6.56. The van der Waals surface area contributed by atoms with Gasteiger partial charge in [0.05, 0.1) is 17.5 Å². The van der Waals surface area contributed by atoms with Gasteiger partial charge in [0.1, 0.15) is 11.6 Å². The van der Waals surface area contributed by atoms with Crippen LogP contribution in [0.3, 0.4) is 0 Å². The highest BCUT2D eigenvalue weighted by Crippen LogP contribution is 2.27. The lowest BCUT2D eigenvalue weighted by atomic mass is 10.1. The van der Waals surface area contributed by atoms with E-state index in [9.17, 15) is 18.8 Å². The van der Waals surface area contributed by atoms with Crippen molar-refractivity contribution in [1.29, 1.82) is 0 Å². The first-order chi connectivity index (χ1) is 19.4. The molecule has 4 aromatic rings. The first kappa shape index (κ1) is 26.6. The molecule has 0 spiro atoms. The highest BCUT2D eigenvalue weighted by molar-refractivity contribution is 5.99. The Hall–Kier alpha value is -4.99. The summed E-state index contributed by atoms with van der Waals surface area (Å²) in [5.41, 5.74) is 3.19. The van der Waals surface area contributed by atoms with Crippen molar-refractivity contribution >= 4 is 29.2 Å². The molecule has 10 heteroatoms. The van der Waals surface area contributed by atoms with Crippen LogP contribution in [0.25, 0.3) is 11.3 Å². The molecule has 2 aromatic carbocycles. The molecule has 1 fully saturated rings. The SMILES string of the molecule is CC(=O)Nc1cccc(-c2ccc(C(=O)NCc3ccc(F)cc3)c(N3CCN(C(=O)c4ccco4)CC3)n2)c1. The third kappa shape index (κ3) is 6.17. The highest BCUT2D eigenvalue weighted by Gasteiger charge is 2.27. The lowest BCUT2D eigenvalue weighted by Gasteiger charge is -2.36. The molecule has 5 rings (SSSR count).